The monoisotopic (exact) mass is 532 g/mol. The summed E-state index contributed by atoms with van der Waals surface area (Å²) in [4.78, 5) is 18.6. The van der Waals surface area contributed by atoms with E-state index in [1.165, 1.54) is 89.2 Å². The van der Waals surface area contributed by atoms with Crippen LogP contribution in [0.3, 0.4) is 0 Å². The molecule has 0 saturated carbocycles. The van der Waals surface area contributed by atoms with E-state index in [0.717, 1.165) is 17.8 Å². The van der Waals surface area contributed by atoms with E-state index in [4.69, 9.17) is 0 Å². The Balaban J connectivity index is -0.000000105. The molecule has 0 aromatic rings. The van der Waals surface area contributed by atoms with Crippen molar-refractivity contribution < 1.29 is 64.7 Å². The Bertz CT molecular complexity index is 219. The van der Waals surface area contributed by atoms with Gasteiger partial charge in [-0.2, -0.15) is 11.8 Å². The predicted octanol–water partition coefficient (Wildman–Crippen LogP) is 4.47. The van der Waals surface area contributed by atoms with Gasteiger partial charge in [-0.1, -0.05) is 0 Å². The molecule has 0 amide bonds. The van der Waals surface area contributed by atoms with Crippen molar-refractivity contribution in [1.82, 2.24) is 0 Å². The van der Waals surface area contributed by atoms with Gasteiger partial charge in [-0.15, -0.1) is 0 Å². The summed E-state index contributed by atoms with van der Waals surface area (Å²) in [6, 6.07) is 0. The molecule has 0 aliphatic carbocycles. The van der Waals surface area contributed by atoms with E-state index in [1.807, 2.05) is 0 Å². The molecule has 0 unspecified atom stereocenters. The van der Waals surface area contributed by atoms with Gasteiger partial charge in [0, 0.05) is 0 Å². The summed E-state index contributed by atoms with van der Waals surface area (Å²) >= 11 is 11.7. The molecule has 0 aromatic heterocycles. The molecule has 0 spiro atoms. The molecule has 0 rings (SSSR count). The Morgan fingerprint density at radius 3 is 0.870 bits per heavy atom. The number of hydrogen-bond donors (Lipinski definition) is 0. The fourth-order valence-electron chi connectivity index (χ4n) is 1.22. The summed E-state index contributed by atoms with van der Waals surface area (Å²) in [6.45, 7) is 13.6. The average Bonchev–Trinajstić information content (AvgIpc) is 2.27. The van der Waals surface area contributed by atoms with Gasteiger partial charge in [0.1, 0.15) is 0 Å². The van der Waals surface area contributed by atoms with Gasteiger partial charge in [0.05, 0.1) is 0 Å². The van der Waals surface area contributed by atoms with Crippen LogP contribution in [0.1, 0.15) is 60.8 Å². The van der Waals surface area contributed by atoms with Gasteiger partial charge < -0.3 is 27.7 Å². The standard InChI is InChI=1S/3C5H11.H3O2PS2.3Zn/c3*1-4-5(2)3;1-3(2,4)5;;;/h3*5H,1,4H2,2-3H3;(H3,1,2,4,5);;;/q;;;;3*+1/p-3. The minimum atomic E-state index is -3.72. The first-order valence-corrected chi connectivity index (χ1v) is 18.4. The van der Waals surface area contributed by atoms with Crippen LogP contribution in [0.5, 0.6) is 0 Å². The smallest absolute Gasteiger partial charge is 0.160 e. The predicted molar refractivity (Wildman–Crippen MR) is 94.4 cm³/mol. The molecular weight excluding hydrogens is 503 g/mol. The third-order valence-electron chi connectivity index (χ3n) is 2.34. The van der Waals surface area contributed by atoms with Crippen molar-refractivity contribution in [2.75, 3.05) is 0 Å². The maximum atomic E-state index is 9.29. The van der Waals surface area contributed by atoms with Gasteiger partial charge in [-0.3, -0.25) is 0 Å². The van der Waals surface area contributed by atoms with Gasteiger partial charge in [-0.05, 0) is 0 Å². The fourth-order valence-corrected chi connectivity index (χ4v) is 6.36. The molecule has 8 heteroatoms. The topological polar surface area (TPSA) is 46.1 Å². The molecule has 0 fully saturated rings. The van der Waals surface area contributed by atoms with Crippen molar-refractivity contribution >= 4 is 29.7 Å². The number of rotatable bonds is 6. The SMILES string of the molecule is CC(C)C[CH2][Zn+].CC(C)C[CH2][Zn+].CC(C)C[CH2][Zn+].[O-]P([O-])(=S)[S-]. The van der Waals surface area contributed by atoms with Crippen LogP contribution in [0.15, 0.2) is 0 Å². The fraction of sp³-hybridized carbons (Fsp3) is 1.00. The third kappa shape index (κ3) is 92.6. The van der Waals surface area contributed by atoms with Crippen molar-refractivity contribution in [2.45, 2.75) is 75.9 Å². The van der Waals surface area contributed by atoms with Gasteiger partial charge in [0.15, 0.2) is 0 Å². The molecule has 0 N–H and O–H groups in total. The molecule has 0 radical (unpaired) electrons. The van der Waals surface area contributed by atoms with Crippen LogP contribution < -0.4 is 9.79 Å². The molecular formula is C15H33O2PS2Zn3. The molecule has 128 valence electrons. The Morgan fingerprint density at radius 2 is 0.870 bits per heavy atom. The van der Waals surface area contributed by atoms with Crippen molar-refractivity contribution in [2.24, 2.45) is 17.8 Å². The zero-order valence-electron chi connectivity index (χ0n) is 16.2. The Morgan fingerprint density at radius 1 is 0.739 bits per heavy atom. The largest absolute Gasteiger partial charge is 0.850 e. The van der Waals surface area contributed by atoms with Crippen LogP contribution in [0.4, 0.5) is 0 Å². The summed E-state index contributed by atoms with van der Waals surface area (Å²) in [5.41, 5.74) is -3.72. The van der Waals surface area contributed by atoms with Gasteiger partial charge >= 0.3 is 149 Å². The average molecular weight is 537 g/mol. The maximum Gasteiger partial charge on any atom is -0.160 e. The minimum absolute atomic E-state index is 0.929. The first kappa shape index (κ1) is 33.4. The minimum Gasteiger partial charge on any atom is -0.850 e. The van der Waals surface area contributed by atoms with Crippen LogP contribution in [0.25, 0.3) is 0 Å². The molecule has 0 aliphatic heterocycles. The second-order valence-electron chi connectivity index (χ2n) is 6.56. The van der Waals surface area contributed by atoms with E-state index >= 15 is 0 Å². The van der Waals surface area contributed by atoms with Crippen molar-refractivity contribution in [3.05, 3.63) is 0 Å². The molecule has 0 atom stereocenters. The zero-order chi connectivity index (χ0) is 19.5. The van der Waals surface area contributed by atoms with Crippen LogP contribution in [-0.2, 0) is 79.0 Å². The van der Waals surface area contributed by atoms with E-state index in [-0.39, 0.29) is 0 Å². The quantitative estimate of drug-likeness (QED) is 0.286. The van der Waals surface area contributed by atoms with E-state index in [9.17, 15) is 9.79 Å². The van der Waals surface area contributed by atoms with Crippen molar-refractivity contribution in [3.63, 3.8) is 0 Å². The van der Waals surface area contributed by atoms with Gasteiger partial charge in [-0.25, -0.2) is 0 Å². The Labute approximate surface area is 186 Å². The first-order chi connectivity index (χ1) is 10.3. The second-order valence-corrected chi connectivity index (χ2v) is 15.5. The second kappa shape index (κ2) is 24.8. The summed E-state index contributed by atoms with van der Waals surface area (Å²) in [5, 5.41) is 4.37. The van der Waals surface area contributed by atoms with Gasteiger partial charge in [0.2, 0.25) is 0 Å². The normalized spacial score (nSPS) is 10.5. The molecule has 0 heterocycles. The molecule has 2 nitrogen and oxygen atoms in total. The maximum absolute atomic E-state index is 9.29. The molecule has 23 heavy (non-hydrogen) atoms. The van der Waals surface area contributed by atoms with Crippen molar-refractivity contribution in [1.29, 1.82) is 0 Å². The number of hydrogen-bond acceptors (Lipinski definition) is 4. The Kier molecular flexibility index (Phi) is 36.0. The van der Waals surface area contributed by atoms with Crippen molar-refractivity contribution in [3.8, 4) is 0 Å². The first-order valence-electron chi connectivity index (χ1n) is 8.42. The van der Waals surface area contributed by atoms with E-state index in [0.29, 0.717) is 0 Å². The zero-order valence-corrected chi connectivity index (χ0v) is 27.6. The van der Waals surface area contributed by atoms with E-state index < -0.39 is 5.69 Å². The third-order valence-corrected chi connectivity index (χ3v) is 4.91. The molecule has 0 saturated heterocycles. The van der Waals surface area contributed by atoms with E-state index in [2.05, 4.69) is 65.6 Å². The van der Waals surface area contributed by atoms with Crippen LogP contribution in [0.2, 0.25) is 15.0 Å². The summed E-state index contributed by atoms with van der Waals surface area (Å²) in [7, 11) is 0. The van der Waals surface area contributed by atoms with Gasteiger partial charge in [0.25, 0.3) is 0 Å². The summed E-state index contributed by atoms with van der Waals surface area (Å²) in [5.74, 6) is 2.79. The molecule has 0 bridgehead atoms. The Hall–Kier alpha value is 2.79. The molecule has 0 aliphatic rings. The van der Waals surface area contributed by atoms with Crippen LogP contribution in [-0.4, -0.2) is 0 Å². The van der Waals surface area contributed by atoms with Crippen LogP contribution in [0, 0.1) is 17.8 Å². The summed E-state index contributed by atoms with van der Waals surface area (Å²) in [6.07, 6.45) is 4.29. The molecule has 0 aromatic carbocycles. The van der Waals surface area contributed by atoms with E-state index in [1.54, 1.807) is 0 Å². The summed E-state index contributed by atoms with van der Waals surface area (Å²) < 4.78 is 0. The van der Waals surface area contributed by atoms with Crippen LogP contribution >= 0.6 is 5.69 Å².